The van der Waals surface area contributed by atoms with Crippen LogP contribution in [0.15, 0.2) is 36.4 Å². The van der Waals surface area contributed by atoms with Crippen LogP contribution in [0.4, 0.5) is 5.69 Å². The van der Waals surface area contributed by atoms with Gasteiger partial charge in [-0.25, -0.2) is 13.1 Å². The quantitative estimate of drug-likeness (QED) is 0.476. The van der Waals surface area contributed by atoms with Crippen molar-refractivity contribution in [3.05, 3.63) is 58.1 Å². The van der Waals surface area contributed by atoms with Crippen molar-refractivity contribution in [2.45, 2.75) is 69.0 Å². The number of fused-ring (bicyclic) bond motifs is 4. The summed E-state index contributed by atoms with van der Waals surface area (Å²) in [6.07, 6.45) is 6.92. The molecule has 1 saturated carbocycles. The van der Waals surface area contributed by atoms with Gasteiger partial charge < -0.3 is 14.4 Å². The van der Waals surface area contributed by atoms with Crippen LogP contribution in [-0.2, 0) is 26.6 Å². The molecule has 0 unspecified atom stereocenters. The third kappa shape index (κ3) is 5.35. The molecule has 6 rings (SSSR count). The van der Waals surface area contributed by atoms with E-state index in [1.807, 2.05) is 25.1 Å². The molecule has 2 aromatic rings. The Bertz CT molecular complexity index is 1380. The van der Waals surface area contributed by atoms with E-state index in [0.717, 1.165) is 61.7 Å². The highest BCUT2D eigenvalue weighted by atomic mass is 35.5. The molecule has 9 heteroatoms. The van der Waals surface area contributed by atoms with Crippen LogP contribution in [0.25, 0.3) is 0 Å². The number of nitrogens with zero attached hydrogens (tertiary/aromatic N) is 1. The lowest BCUT2D eigenvalue weighted by Gasteiger charge is -2.44. The molecule has 0 radical (unpaired) electrons. The monoisotopic (exact) mass is 586 g/mol. The molecule has 4 aliphatic rings. The Kier molecular flexibility index (Phi) is 7.79. The SMILES string of the molecule is CC[C@H]1CCCOC[C@@H]2CC[C@H]2CN2C[C@@]3(CCCc4cc(Cl)ccc43)COc3ccc(cc32)C(=O)NS1(=O)=O. The van der Waals surface area contributed by atoms with Crippen molar-refractivity contribution in [2.75, 3.05) is 37.8 Å². The van der Waals surface area contributed by atoms with Crippen LogP contribution < -0.4 is 14.4 Å². The first-order valence-corrected chi connectivity index (χ1v) is 16.6. The first kappa shape index (κ1) is 27.9. The third-order valence-corrected chi connectivity index (χ3v) is 11.8. The van der Waals surface area contributed by atoms with Crippen LogP contribution in [0, 0.1) is 11.8 Å². The van der Waals surface area contributed by atoms with Gasteiger partial charge in [-0.1, -0.05) is 24.6 Å². The molecule has 0 aromatic heterocycles. The molecule has 1 amide bonds. The Morgan fingerprint density at radius 3 is 2.75 bits per heavy atom. The van der Waals surface area contributed by atoms with Gasteiger partial charge >= 0.3 is 0 Å². The van der Waals surface area contributed by atoms with Gasteiger partial charge in [-0.05, 0) is 105 Å². The number of amides is 1. The van der Waals surface area contributed by atoms with Gasteiger partial charge in [-0.2, -0.15) is 0 Å². The van der Waals surface area contributed by atoms with Crippen molar-refractivity contribution in [2.24, 2.45) is 11.8 Å². The van der Waals surface area contributed by atoms with Crippen molar-refractivity contribution in [3.63, 3.8) is 0 Å². The van der Waals surface area contributed by atoms with E-state index in [0.29, 0.717) is 56.5 Å². The zero-order valence-corrected chi connectivity index (χ0v) is 24.7. The fraction of sp³-hybridized carbons (Fsp3) is 0.581. The van der Waals surface area contributed by atoms with Crippen molar-refractivity contribution in [3.8, 4) is 5.75 Å². The Labute approximate surface area is 242 Å². The second-order valence-corrected chi connectivity index (χ2v) is 14.5. The zero-order valence-electron chi connectivity index (χ0n) is 23.2. The van der Waals surface area contributed by atoms with Gasteiger partial charge in [0.25, 0.3) is 5.91 Å². The highest BCUT2D eigenvalue weighted by molar-refractivity contribution is 7.90. The van der Waals surface area contributed by atoms with Crippen LogP contribution in [0.5, 0.6) is 5.75 Å². The molecule has 7 nitrogen and oxygen atoms in total. The predicted octanol–water partition coefficient (Wildman–Crippen LogP) is 5.49. The summed E-state index contributed by atoms with van der Waals surface area (Å²) in [6.45, 7) is 5.23. The lowest BCUT2D eigenvalue weighted by molar-refractivity contribution is 0.0324. The molecule has 2 heterocycles. The van der Waals surface area contributed by atoms with Crippen LogP contribution in [-0.4, -0.2) is 52.5 Å². The number of rotatable bonds is 1. The lowest BCUT2D eigenvalue weighted by Crippen LogP contribution is -2.48. The number of ether oxygens (including phenoxy) is 2. The number of nitrogens with one attached hydrogen (secondary N) is 1. The summed E-state index contributed by atoms with van der Waals surface area (Å²) < 4.78 is 41.2. The van der Waals surface area contributed by atoms with Gasteiger partial charge in [0.15, 0.2) is 0 Å². The van der Waals surface area contributed by atoms with E-state index in [-0.39, 0.29) is 5.41 Å². The van der Waals surface area contributed by atoms with Gasteiger partial charge in [-0.15, -0.1) is 0 Å². The summed E-state index contributed by atoms with van der Waals surface area (Å²) in [4.78, 5) is 15.7. The molecular formula is C31H39ClN2O5S. The maximum absolute atomic E-state index is 13.3. The summed E-state index contributed by atoms with van der Waals surface area (Å²) in [7, 11) is -3.82. The molecule has 1 N–H and O–H groups in total. The fourth-order valence-electron chi connectivity index (χ4n) is 7.13. The number of halogens is 1. The van der Waals surface area contributed by atoms with E-state index in [9.17, 15) is 13.2 Å². The van der Waals surface area contributed by atoms with E-state index >= 15 is 0 Å². The average Bonchev–Trinajstić information content (AvgIpc) is 3.06. The van der Waals surface area contributed by atoms with Crippen molar-refractivity contribution in [1.82, 2.24) is 4.72 Å². The van der Waals surface area contributed by atoms with Crippen LogP contribution in [0.1, 0.15) is 73.4 Å². The maximum atomic E-state index is 13.3. The Hall–Kier alpha value is -2.29. The van der Waals surface area contributed by atoms with Gasteiger partial charge in [0.2, 0.25) is 10.0 Å². The number of carbonyl (C=O) groups excluding carboxylic acids is 1. The Balaban J connectivity index is 1.39. The zero-order chi connectivity index (χ0) is 27.9. The molecule has 2 aliphatic heterocycles. The molecule has 2 aliphatic carbocycles. The van der Waals surface area contributed by atoms with Crippen LogP contribution in [0.2, 0.25) is 5.02 Å². The average molecular weight is 587 g/mol. The third-order valence-electron chi connectivity index (χ3n) is 9.61. The molecule has 216 valence electrons. The topological polar surface area (TPSA) is 84.9 Å². The number of hydrogen-bond donors (Lipinski definition) is 1. The smallest absolute Gasteiger partial charge is 0.264 e. The largest absolute Gasteiger partial charge is 0.490 e. The molecule has 0 saturated heterocycles. The Morgan fingerprint density at radius 2 is 1.95 bits per heavy atom. The van der Waals surface area contributed by atoms with Gasteiger partial charge in [0.05, 0.1) is 17.5 Å². The molecular weight excluding hydrogens is 548 g/mol. The fourth-order valence-corrected chi connectivity index (χ4v) is 8.79. The summed E-state index contributed by atoms with van der Waals surface area (Å²) in [5.74, 6) is 1.11. The highest BCUT2D eigenvalue weighted by Gasteiger charge is 2.43. The number of anilines is 1. The number of benzene rings is 2. The van der Waals surface area contributed by atoms with Gasteiger partial charge in [0.1, 0.15) is 5.75 Å². The van der Waals surface area contributed by atoms with Gasteiger partial charge in [-0.3, -0.25) is 4.79 Å². The van der Waals surface area contributed by atoms with Crippen LogP contribution in [0.3, 0.4) is 0 Å². The van der Waals surface area contributed by atoms with Crippen molar-refractivity contribution < 1.29 is 22.7 Å². The van der Waals surface area contributed by atoms with Gasteiger partial charge in [0, 0.05) is 42.3 Å². The predicted molar refractivity (Wildman–Crippen MR) is 157 cm³/mol. The first-order valence-electron chi connectivity index (χ1n) is 14.7. The molecule has 2 bridgehead atoms. The maximum Gasteiger partial charge on any atom is 0.264 e. The van der Waals surface area contributed by atoms with E-state index < -0.39 is 21.2 Å². The molecule has 4 atom stereocenters. The number of sulfonamides is 1. The second-order valence-electron chi connectivity index (χ2n) is 12.1. The van der Waals surface area contributed by atoms with Crippen molar-refractivity contribution >= 4 is 33.2 Å². The molecule has 2 aromatic carbocycles. The van der Waals surface area contributed by atoms with E-state index in [4.69, 9.17) is 21.1 Å². The van der Waals surface area contributed by atoms with E-state index in [1.54, 1.807) is 6.07 Å². The Morgan fingerprint density at radius 1 is 1.10 bits per heavy atom. The first-order chi connectivity index (χ1) is 19.3. The van der Waals surface area contributed by atoms with Crippen molar-refractivity contribution in [1.29, 1.82) is 0 Å². The summed E-state index contributed by atoms with van der Waals surface area (Å²) >= 11 is 6.38. The second kappa shape index (κ2) is 11.2. The summed E-state index contributed by atoms with van der Waals surface area (Å²) in [5.41, 5.74) is 3.57. The van der Waals surface area contributed by atoms with Crippen LogP contribution >= 0.6 is 11.6 Å². The molecule has 40 heavy (non-hydrogen) atoms. The minimum Gasteiger partial charge on any atom is -0.490 e. The molecule has 1 spiro atoms. The summed E-state index contributed by atoms with van der Waals surface area (Å²) in [5, 5.41) is 0.122. The van der Waals surface area contributed by atoms with E-state index in [1.165, 1.54) is 11.1 Å². The normalized spacial score (nSPS) is 30.2. The number of aryl methyl sites for hydroxylation is 1. The minimum absolute atomic E-state index is 0.201. The van der Waals surface area contributed by atoms with E-state index in [2.05, 4.69) is 21.8 Å². The number of hydrogen-bond acceptors (Lipinski definition) is 6. The standard InChI is InChI=1S/C31H39ClN2O5S/c1-2-26-6-4-14-38-18-24-8-7-23(24)17-34-19-31(13-3-5-21-15-25(32)10-11-27(21)31)20-39-29-12-9-22(16-28(29)34)30(35)33-40(26,36)37/h9-12,15-16,23-24,26H,2-8,13-14,17-20H2,1H3,(H,33,35)/t23-,24-,26-,31-/m0/s1. The lowest BCUT2D eigenvalue weighted by atomic mass is 9.69. The molecule has 1 fully saturated rings. The summed E-state index contributed by atoms with van der Waals surface area (Å²) in [6, 6.07) is 11.6. The highest BCUT2D eigenvalue weighted by Crippen LogP contribution is 2.46. The number of carbonyl (C=O) groups is 1. The minimum atomic E-state index is -3.82.